The molecule has 0 aliphatic carbocycles. The summed E-state index contributed by atoms with van der Waals surface area (Å²) in [5.74, 6) is -0.593. The third-order valence-electron chi connectivity index (χ3n) is 4.93. The molecular formula is C18H14ClF3N2O3S. The Bertz CT molecular complexity index is 1060. The molecule has 2 aromatic rings. The summed E-state index contributed by atoms with van der Waals surface area (Å²) >= 11 is 6.20. The largest absolute Gasteiger partial charge is 0.416 e. The van der Waals surface area contributed by atoms with Crippen LogP contribution in [0.15, 0.2) is 48.5 Å². The second-order valence-corrected chi connectivity index (χ2v) is 9.29. The van der Waals surface area contributed by atoms with E-state index in [4.69, 9.17) is 11.6 Å². The number of anilines is 2. The number of carbonyl (C=O) groups is 1. The molecule has 2 aliphatic heterocycles. The van der Waals surface area contributed by atoms with E-state index in [0.717, 1.165) is 17.0 Å². The van der Waals surface area contributed by atoms with Gasteiger partial charge in [0.2, 0.25) is 0 Å². The number of para-hydroxylation sites is 1. The lowest BCUT2D eigenvalue weighted by Gasteiger charge is -2.24. The Hall–Kier alpha value is -2.26. The Morgan fingerprint density at radius 2 is 1.61 bits per heavy atom. The minimum Gasteiger partial charge on any atom is -0.288 e. The molecule has 2 amide bonds. The predicted octanol–water partition coefficient (Wildman–Crippen LogP) is 3.97. The molecule has 2 aliphatic rings. The summed E-state index contributed by atoms with van der Waals surface area (Å²) in [4.78, 5) is 15.6. The number of halogens is 4. The Labute approximate surface area is 164 Å². The number of benzene rings is 2. The van der Waals surface area contributed by atoms with Gasteiger partial charge < -0.3 is 0 Å². The first-order valence-electron chi connectivity index (χ1n) is 8.33. The molecule has 0 bridgehead atoms. The van der Waals surface area contributed by atoms with E-state index in [9.17, 15) is 26.4 Å². The van der Waals surface area contributed by atoms with E-state index < -0.39 is 39.7 Å². The first kappa shape index (κ1) is 19.1. The summed E-state index contributed by atoms with van der Waals surface area (Å²) in [5.41, 5.74) is -0.580. The molecule has 2 saturated heterocycles. The van der Waals surface area contributed by atoms with Gasteiger partial charge in [-0.15, -0.1) is 0 Å². The number of nitrogens with zero attached hydrogens (tertiary/aromatic N) is 2. The van der Waals surface area contributed by atoms with Crippen LogP contribution in [0.4, 0.5) is 29.3 Å². The van der Waals surface area contributed by atoms with Crippen LogP contribution >= 0.6 is 11.6 Å². The number of amides is 2. The minimum atomic E-state index is -4.58. The fourth-order valence-electron chi connectivity index (χ4n) is 3.77. The molecule has 5 nitrogen and oxygen atoms in total. The van der Waals surface area contributed by atoms with Gasteiger partial charge in [-0.25, -0.2) is 13.2 Å². The highest BCUT2D eigenvalue weighted by molar-refractivity contribution is 7.91. The zero-order chi connectivity index (χ0) is 20.3. The summed E-state index contributed by atoms with van der Waals surface area (Å²) < 4.78 is 63.8. The number of urea groups is 1. The summed E-state index contributed by atoms with van der Waals surface area (Å²) in [7, 11) is -3.46. The number of hydrogen-bond donors (Lipinski definition) is 0. The van der Waals surface area contributed by atoms with Gasteiger partial charge in [-0.3, -0.25) is 9.80 Å². The molecule has 2 atom stereocenters. The standard InChI is InChI=1S/C18H14ClF3N2O3S/c19-13-6-1-2-7-14(13)24-16-10-28(26,27)9-15(16)23(17(24)25)12-5-3-4-11(8-12)18(20,21)22/h1-8,15-16H,9-10H2/t15-,16+/m0/s1. The van der Waals surface area contributed by atoms with Gasteiger partial charge in [0.1, 0.15) is 0 Å². The van der Waals surface area contributed by atoms with Crippen LogP contribution in [0.1, 0.15) is 5.56 Å². The molecular weight excluding hydrogens is 417 g/mol. The Morgan fingerprint density at radius 3 is 2.25 bits per heavy atom. The lowest BCUT2D eigenvalue weighted by atomic mass is 10.1. The van der Waals surface area contributed by atoms with Crippen LogP contribution in [-0.4, -0.2) is 38.0 Å². The minimum absolute atomic E-state index is 0.00137. The van der Waals surface area contributed by atoms with Crippen molar-refractivity contribution in [1.82, 2.24) is 0 Å². The Balaban J connectivity index is 1.83. The van der Waals surface area contributed by atoms with Gasteiger partial charge in [0.25, 0.3) is 0 Å². The average molecular weight is 431 g/mol. The zero-order valence-electron chi connectivity index (χ0n) is 14.2. The lowest BCUT2D eigenvalue weighted by molar-refractivity contribution is -0.137. The quantitative estimate of drug-likeness (QED) is 0.677. The molecule has 0 radical (unpaired) electrons. The zero-order valence-corrected chi connectivity index (χ0v) is 15.8. The van der Waals surface area contributed by atoms with Gasteiger partial charge in [0, 0.05) is 5.69 Å². The summed E-state index contributed by atoms with van der Waals surface area (Å²) in [6, 6.07) is 8.66. The van der Waals surface area contributed by atoms with E-state index in [-0.39, 0.29) is 22.2 Å². The number of hydrogen-bond acceptors (Lipinski definition) is 3. The molecule has 0 spiro atoms. The van der Waals surface area contributed by atoms with Gasteiger partial charge in [-0.1, -0.05) is 29.8 Å². The summed E-state index contributed by atoms with van der Waals surface area (Å²) in [5, 5.41) is 0.254. The van der Waals surface area contributed by atoms with E-state index >= 15 is 0 Å². The van der Waals surface area contributed by atoms with E-state index in [2.05, 4.69) is 0 Å². The van der Waals surface area contributed by atoms with Crippen molar-refractivity contribution in [1.29, 1.82) is 0 Å². The van der Waals surface area contributed by atoms with Crippen molar-refractivity contribution in [3.05, 3.63) is 59.1 Å². The van der Waals surface area contributed by atoms with E-state index in [0.29, 0.717) is 5.69 Å². The summed E-state index contributed by atoms with van der Waals surface area (Å²) in [6.45, 7) is 0. The highest BCUT2D eigenvalue weighted by Crippen LogP contribution is 2.41. The van der Waals surface area contributed by atoms with E-state index in [1.165, 1.54) is 17.0 Å². The van der Waals surface area contributed by atoms with Crippen molar-refractivity contribution in [3.63, 3.8) is 0 Å². The van der Waals surface area contributed by atoms with Gasteiger partial charge in [-0.2, -0.15) is 13.2 Å². The first-order valence-corrected chi connectivity index (χ1v) is 10.5. The van der Waals surface area contributed by atoms with Crippen LogP contribution in [0.5, 0.6) is 0 Å². The smallest absolute Gasteiger partial charge is 0.288 e. The van der Waals surface area contributed by atoms with Crippen molar-refractivity contribution in [3.8, 4) is 0 Å². The maximum Gasteiger partial charge on any atom is 0.416 e. The van der Waals surface area contributed by atoms with Crippen molar-refractivity contribution in [2.24, 2.45) is 0 Å². The molecule has 0 N–H and O–H groups in total. The number of alkyl halides is 3. The van der Waals surface area contributed by atoms with Gasteiger partial charge in [0.15, 0.2) is 9.84 Å². The van der Waals surface area contributed by atoms with Gasteiger partial charge in [0.05, 0.1) is 39.9 Å². The molecule has 10 heteroatoms. The number of rotatable bonds is 2. The Morgan fingerprint density at radius 1 is 0.964 bits per heavy atom. The SMILES string of the molecule is O=C1N(c2ccccc2Cl)[C@@H]2CS(=O)(=O)C[C@@H]2N1c1cccc(C(F)(F)F)c1. The normalized spacial score (nSPS) is 23.9. The Kier molecular flexibility index (Phi) is 4.35. The van der Waals surface area contributed by atoms with Crippen molar-refractivity contribution >= 4 is 38.8 Å². The fraction of sp³-hybridized carbons (Fsp3) is 0.278. The third-order valence-corrected chi connectivity index (χ3v) is 6.95. The van der Waals surface area contributed by atoms with Crippen LogP contribution < -0.4 is 9.80 Å². The molecule has 4 rings (SSSR count). The van der Waals surface area contributed by atoms with Crippen LogP contribution in [0.2, 0.25) is 5.02 Å². The molecule has 2 fully saturated rings. The monoisotopic (exact) mass is 430 g/mol. The highest BCUT2D eigenvalue weighted by Gasteiger charge is 2.55. The number of sulfone groups is 1. The van der Waals surface area contributed by atoms with Crippen LogP contribution in [0, 0.1) is 0 Å². The number of carbonyl (C=O) groups excluding carboxylic acids is 1. The van der Waals surface area contributed by atoms with E-state index in [1.54, 1.807) is 24.3 Å². The highest BCUT2D eigenvalue weighted by atomic mass is 35.5. The number of fused-ring (bicyclic) bond motifs is 1. The average Bonchev–Trinajstić information content (AvgIpc) is 3.04. The topological polar surface area (TPSA) is 57.7 Å². The molecule has 2 heterocycles. The molecule has 28 heavy (non-hydrogen) atoms. The van der Waals surface area contributed by atoms with Crippen LogP contribution in [-0.2, 0) is 16.0 Å². The molecule has 0 aromatic heterocycles. The lowest BCUT2D eigenvalue weighted by Crippen LogP contribution is -2.38. The first-order chi connectivity index (χ1) is 13.1. The molecule has 148 valence electrons. The third kappa shape index (κ3) is 3.12. The fourth-order valence-corrected chi connectivity index (χ4v) is 5.91. The second kappa shape index (κ2) is 6.38. The molecule has 0 unspecified atom stereocenters. The second-order valence-electron chi connectivity index (χ2n) is 6.73. The predicted molar refractivity (Wildman–Crippen MR) is 99.5 cm³/mol. The van der Waals surface area contributed by atoms with Crippen LogP contribution in [0.3, 0.4) is 0 Å². The maximum absolute atomic E-state index is 13.2. The summed E-state index contributed by atoms with van der Waals surface area (Å²) in [6.07, 6.45) is -4.58. The van der Waals surface area contributed by atoms with Crippen molar-refractivity contribution in [2.45, 2.75) is 18.3 Å². The van der Waals surface area contributed by atoms with Gasteiger partial charge in [-0.05, 0) is 30.3 Å². The van der Waals surface area contributed by atoms with E-state index in [1.807, 2.05) is 0 Å². The maximum atomic E-state index is 13.2. The van der Waals surface area contributed by atoms with Gasteiger partial charge >= 0.3 is 12.2 Å². The van der Waals surface area contributed by atoms with Crippen molar-refractivity contribution < 1.29 is 26.4 Å². The molecule has 2 aromatic carbocycles. The van der Waals surface area contributed by atoms with Crippen molar-refractivity contribution in [2.75, 3.05) is 21.3 Å². The van der Waals surface area contributed by atoms with Crippen LogP contribution in [0.25, 0.3) is 0 Å². The molecule has 0 saturated carbocycles.